The lowest BCUT2D eigenvalue weighted by Crippen LogP contribution is -2.17. The van der Waals surface area contributed by atoms with E-state index in [4.69, 9.17) is 4.74 Å². The van der Waals surface area contributed by atoms with Crippen LogP contribution in [0.15, 0.2) is 29.2 Å². The third-order valence-corrected chi connectivity index (χ3v) is 3.48. The molecule has 0 spiro atoms. The molecule has 0 aromatic heterocycles. The molecule has 92 valence electrons. The molecule has 17 heavy (non-hydrogen) atoms. The van der Waals surface area contributed by atoms with E-state index in [1.54, 1.807) is 12.1 Å². The first-order valence-corrected chi connectivity index (χ1v) is 6.70. The number of carbonyl (C=O) groups excluding carboxylic acids is 1. The minimum Gasteiger partial charge on any atom is -0.459 e. The zero-order chi connectivity index (χ0) is 12.1. The van der Waals surface area contributed by atoms with Crippen LogP contribution in [0.25, 0.3) is 0 Å². The van der Waals surface area contributed by atoms with E-state index in [9.17, 15) is 4.79 Å². The predicted octanol–water partition coefficient (Wildman–Crippen LogP) is 3.85. The van der Waals surface area contributed by atoms with Crippen molar-refractivity contribution in [2.24, 2.45) is 0 Å². The Bertz CT molecular complexity index is 364. The maximum absolute atomic E-state index is 11.9. The molecular formula is C14H18O2S. The van der Waals surface area contributed by atoms with Crippen LogP contribution in [0.3, 0.4) is 0 Å². The zero-order valence-electron chi connectivity index (χ0n) is 9.89. The van der Waals surface area contributed by atoms with Crippen molar-refractivity contribution < 1.29 is 9.53 Å². The monoisotopic (exact) mass is 250 g/mol. The van der Waals surface area contributed by atoms with Gasteiger partial charge < -0.3 is 4.74 Å². The molecule has 0 aliphatic heterocycles. The highest BCUT2D eigenvalue weighted by Gasteiger charge is 2.17. The van der Waals surface area contributed by atoms with Gasteiger partial charge in [0.25, 0.3) is 0 Å². The average Bonchev–Trinajstić information content (AvgIpc) is 2.58. The molecule has 0 saturated heterocycles. The first kappa shape index (κ1) is 12.5. The standard InChI is InChI=1S/C14H18O2S/c15-14(11-7-9-13(17)10-8-11)16-12-5-3-1-2-4-6-12/h7-10,12,17H,1-6H2. The van der Waals surface area contributed by atoms with Gasteiger partial charge in [0.1, 0.15) is 6.10 Å². The lowest BCUT2D eigenvalue weighted by Gasteiger charge is -2.15. The summed E-state index contributed by atoms with van der Waals surface area (Å²) in [5, 5.41) is 0. The SMILES string of the molecule is O=C(OC1CCCCCC1)c1ccc(S)cc1. The molecule has 3 heteroatoms. The minimum atomic E-state index is -0.203. The van der Waals surface area contributed by atoms with Gasteiger partial charge in [-0.3, -0.25) is 0 Å². The van der Waals surface area contributed by atoms with E-state index in [-0.39, 0.29) is 12.1 Å². The molecule has 1 aliphatic carbocycles. The summed E-state index contributed by atoms with van der Waals surface area (Å²) >= 11 is 4.19. The lowest BCUT2D eigenvalue weighted by atomic mass is 10.1. The second-order valence-corrected chi connectivity index (χ2v) is 5.08. The summed E-state index contributed by atoms with van der Waals surface area (Å²) in [6, 6.07) is 7.16. The van der Waals surface area contributed by atoms with Crippen molar-refractivity contribution in [1.82, 2.24) is 0 Å². The van der Waals surface area contributed by atoms with Crippen molar-refractivity contribution in [3.63, 3.8) is 0 Å². The molecular weight excluding hydrogens is 232 g/mol. The van der Waals surface area contributed by atoms with Crippen molar-refractivity contribution in [3.05, 3.63) is 29.8 Å². The summed E-state index contributed by atoms with van der Waals surface area (Å²) in [4.78, 5) is 12.7. The van der Waals surface area contributed by atoms with Crippen LogP contribution in [-0.4, -0.2) is 12.1 Å². The van der Waals surface area contributed by atoms with E-state index >= 15 is 0 Å². The van der Waals surface area contributed by atoms with Crippen LogP contribution in [0, 0.1) is 0 Å². The quantitative estimate of drug-likeness (QED) is 0.490. The largest absolute Gasteiger partial charge is 0.459 e. The van der Waals surface area contributed by atoms with E-state index in [0.29, 0.717) is 5.56 Å². The van der Waals surface area contributed by atoms with Gasteiger partial charge >= 0.3 is 5.97 Å². The minimum absolute atomic E-state index is 0.112. The van der Waals surface area contributed by atoms with E-state index in [0.717, 1.165) is 17.7 Å². The maximum Gasteiger partial charge on any atom is 0.338 e. The number of hydrogen-bond acceptors (Lipinski definition) is 3. The molecule has 1 aliphatic rings. The van der Waals surface area contributed by atoms with E-state index in [1.165, 1.54) is 25.7 Å². The number of hydrogen-bond donors (Lipinski definition) is 1. The summed E-state index contributed by atoms with van der Waals surface area (Å²) in [6.45, 7) is 0. The van der Waals surface area contributed by atoms with Gasteiger partial charge in [0.05, 0.1) is 5.56 Å². The van der Waals surface area contributed by atoms with Crippen LogP contribution in [0.5, 0.6) is 0 Å². The van der Waals surface area contributed by atoms with Crippen LogP contribution < -0.4 is 0 Å². The third kappa shape index (κ3) is 3.77. The van der Waals surface area contributed by atoms with Gasteiger partial charge in [-0.15, -0.1) is 12.6 Å². The van der Waals surface area contributed by atoms with E-state index in [2.05, 4.69) is 12.6 Å². The summed E-state index contributed by atoms with van der Waals surface area (Å²) < 4.78 is 5.53. The number of rotatable bonds is 2. The van der Waals surface area contributed by atoms with Gasteiger partial charge in [0, 0.05) is 4.90 Å². The molecule has 1 aromatic carbocycles. The highest BCUT2D eigenvalue weighted by Crippen LogP contribution is 2.21. The normalized spacial score (nSPS) is 17.5. The topological polar surface area (TPSA) is 26.3 Å². The van der Waals surface area contributed by atoms with Crippen LogP contribution in [0.1, 0.15) is 48.9 Å². The van der Waals surface area contributed by atoms with Crippen molar-refractivity contribution in [3.8, 4) is 0 Å². The number of esters is 1. The third-order valence-electron chi connectivity index (χ3n) is 3.18. The van der Waals surface area contributed by atoms with Crippen LogP contribution >= 0.6 is 12.6 Å². The number of thiol groups is 1. The Hall–Kier alpha value is -0.960. The summed E-state index contributed by atoms with van der Waals surface area (Å²) in [5.41, 5.74) is 0.618. The smallest absolute Gasteiger partial charge is 0.338 e. The molecule has 0 unspecified atom stereocenters. The molecule has 0 heterocycles. The summed E-state index contributed by atoms with van der Waals surface area (Å²) in [6.07, 6.45) is 7.01. The fourth-order valence-electron chi connectivity index (χ4n) is 2.18. The first-order valence-electron chi connectivity index (χ1n) is 6.26. The van der Waals surface area contributed by atoms with Crippen molar-refractivity contribution >= 4 is 18.6 Å². The molecule has 2 nitrogen and oxygen atoms in total. The van der Waals surface area contributed by atoms with Crippen LogP contribution in [0.4, 0.5) is 0 Å². The van der Waals surface area contributed by atoms with Gasteiger partial charge in [-0.1, -0.05) is 12.8 Å². The van der Waals surface area contributed by atoms with Crippen LogP contribution in [0.2, 0.25) is 0 Å². The molecule has 0 amide bonds. The Labute approximate surface area is 108 Å². The fraction of sp³-hybridized carbons (Fsp3) is 0.500. The van der Waals surface area contributed by atoms with Gasteiger partial charge in [-0.25, -0.2) is 4.79 Å². The number of ether oxygens (including phenoxy) is 1. The molecule has 0 bridgehead atoms. The molecule has 1 saturated carbocycles. The number of carbonyl (C=O) groups is 1. The average molecular weight is 250 g/mol. The second kappa shape index (κ2) is 6.10. The zero-order valence-corrected chi connectivity index (χ0v) is 10.8. The van der Waals surface area contributed by atoms with E-state index in [1.807, 2.05) is 12.1 Å². The summed E-state index contributed by atoms with van der Waals surface area (Å²) in [5.74, 6) is -0.203. The second-order valence-electron chi connectivity index (χ2n) is 4.57. The summed E-state index contributed by atoms with van der Waals surface area (Å²) in [7, 11) is 0. The Morgan fingerprint density at radius 2 is 1.65 bits per heavy atom. The van der Waals surface area contributed by atoms with E-state index < -0.39 is 0 Å². The molecule has 0 N–H and O–H groups in total. The van der Waals surface area contributed by atoms with Crippen molar-refractivity contribution in [2.45, 2.75) is 49.5 Å². The first-order chi connectivity index (χ1) is 8.25. The lowest BCUT2D eigenvalue weighted by molar-refractivity contribution is 0.0267. The molecule has 0 radical (unpaired) electrons. The van der Waals surface area contributed by atoms with Gasteiger partial charge in [-0.05, 0) is 49.9 Å². The van der Waals surface area contributed by atoms with Crippen LogP contribution in [-0.2, 0) is 4.74 Å². The van der Waals surface area contributed by atoms with Gasteiger partial charge in [-0.2, -0.15) is 0 Å². The Kier molecular flexibility index (Phi) is 4.49. The van der Waals surface area contributed by atoms with Crippen molar-refractivity contribution in [2.75, 3.05) is 0 Å². The Balaban J connectivity index is 1.93. The molecule has 1 aromatic rings. The fourth-order valence-corrected chi connectivity index (χ4v) is 2.33. The molecule has 2 rings (SSSR count). The van der Waals surface area contributed by atoms with Crippen molar-refractivity contribution in [1.29, 1.82) is 0 Å². The predicted molar refractivity (Wildman–Crippen MR) is 70.6 cm³/mol. The van der Waals surface area contributed by atoms with Gasteiger partial charge in [0.2, 0.25) is 0 Å². The molecule has 0 atom stereocenters. The Morgan fingerprint density at radius 1 is 1.06 bits per heavy atom. The highest BCUT2D eigenvalue weighted by atomic mass is 32.1. The number of benzene rings is 1. The highest BCUT2D eigenvalue weighted by molar-refractivity contribution is 7.80. The van der Waals surface area contributed by atoms with Gasteiger partial charge in [0.15, 0.2) is 0 Å². The molecule has 1 fully saturated rings. The maximum atomic E-state index is 11.9. The Morgan fingerprint density at radius 3 is 2.24 bits per heavy atom.